The van der Waals surface area contributed by atoms with E-state index in [1.165, 1.54) is 12.1 Å². The minimum absolute atomic E-state index is 0.0282. The summed E-state index contributed by atoms with van der Waals surface area (Å²) in [5.74, 6) is -3.62. The zero-order valence-corrected chi connectivity index (χ0v) is 8.42. The molecule has 17 heavy (non-hydrogen) atoms. The molecule has 7 heteroatoms. The maximum absolute atomic E-state index is 12.9. The number of nitrogens with two attached hydrogens (primary N) is 1. The van der Waals surface area contributed by atoms with E-state index in [1.54, 1.807) is 0 Å². The molecular formula is C10H7F3N4. The van der Waals surface area contributed by atoms with E-state index < -0.39 is 17.5 Å². The molecule has 0 radical (unpaired) electrons. The summed E-state index contributed by atoms with van der Waals surface area (Å²) in [6.45, 7) is 0. The molecule has 0 amide bonds. The average molecular weight is 240 g/mol. The van der Waals surface area contributed by atoms with E-state index in [4.69, 9.17) is 5.73 Å². The number of nitrogens with one attached hydrogen (secondary N) is 1. The van der Waals surface area contributed by atoms with Crippen molar-refractivity contribution in [3.05, 3.63) is 41.7 Å². The predicted octanol–water partition coefficient (Wildman–Crippen LogP) is 2.22. The highest BCUT2D eigenvalue weighted by molar-refractivity contribution is 5.56. The zero-order chi connectivity index (χ0) is 12.4. The summed E-state index contributed by atoms with van der Waals surface area (Å²) >= 11 is 0. The van der Waals surface area contributed by atoms with Gasteiger partial charge in [-0.05, 0) is 12.1 Å². The van der Waals surface area contributed by atoms with Crippen LogP contribution in [0.1, 0.15) is 0 Å². The third kappa shape index (κ3) is 2.44. The minimum atomic E-state index is -1.51. The van der Waals surface area contributed by atoms with Gasteiger partial charge in [0.1, 0.15) is 5.82 Å². The highest BCUT2D eigenvalue weighted by Gasteiger charge is 2.10. The zero-order valence-electron chi connectivity index (χ0n) is 8.42. The van der Waals surface area contributed by atoms with Crippen molar-refractivity contribution in [3.8, 4) is 0 Å². The fourth-order valence-electron chi connectivity index (χ4n) is 1.18. The molecule has 0 unspecified atom stereocenters. The third-order valence-electron chi connectivity index (χ3n) is 1.94. The summed E-state index contributed by atoms with van der Waals surface area (Å²) < 4.78 is 38.5. The lowest BCUT2D eigenvalue weighted by Crippen LogP contribution is -2.00. The molecule has 0 aliphatic heterocycles. The highest BCUT2D eigenvalue weighted by atomic mass is 19.2. The fraction of sp³-hybridized carbons (Fsp3) is 0. The average Bonchev–Trinajstić information content (AvgIpc) is 2.29. The molecular weight excluding hydrogens is 233 g/mol. The number of aromatic nitrogens is 2. The van der Waals surface area contributed by atoms with Gasteiger partial charge in [-0.3, -0.25) is 0 Å². The van der Waals surface area contributed by atoms with Gasteiger partial charge in [0.05, 0.1) is 0 Å². The summed E-state index contributed by atoms with van der Waals surface area (Å²) in [5.41, 5.74) is 5.35. The van der Waals surface area contributed by atoms with E-state index in [-0.39, 0.29) is 17.3 Å². The lowest BCUT2D eigenvalue weighted by molar-refractivity contribution is 0.448. The number of benzene rings is 1. The third-order valence-corrected chi connectivity index (χ3v) is 1.94. The number of hydrogen-bond donors (Lipinski definition) is 2. The van der Waals surface area contributed by atoms with Gasteiger partial charge in [0, 0.05) is 17.8 Å². The Hall–Kier alpha value is -2.31. The number of halogens is 3. The first kappa shape index (κ1) is 11.2. The van der Waals surface area contributed by atoms with E-state index in [1.807, 2.05) is 0 Å². The van der Waals surface area contributed by atoms with Crippen LogP contribution < -0.4 is 11.1 Å². The van der Waals surface area contributed by atoms with Crippen LogP contribution in [0.4, 0.5) is 30.5 Å². The van der Waals surface area contributed by atoms with Crippen LogP contribution in [0.5, 0.6) is 0 Å². The summed E-state index contributed by atoms with van der Waals surface area (Å²) in [5, 5.41) is 9.74. The van der Waals surface area contributed by atoms with Crippen LogP contribution in [0.25, 0.3) is 0 Å². The minimum Gasteiger partial charge on any atom is -0.382 e. The lowest BCUT2D eigenvalue weighted by atomic mass is 10.3. The summed E-state index contributed by atoms with van der Waals surface area (Å²) in [4.78, 5) is 0. The van der Waals surface area contributed by atoms with Gasteiger partial charge in [-0.25, -0.2) is 13.2 Å². The van der Waals surface area contributed by atoms with E-state index in [9.17, 15) is 13.2 Å². The van der Waals surface area contributed by atoms with Crippen molar-refractivity contribution in [1.82, 2.24) is 10.2 Å². The fourth-order valence-corrected chi connectivity index (χ4v) is 1.18. The van der Waals surface area contributed by atoms with Gasteiger partial charge in [-0.1, -0.05) is 0 Å². The first-order valence-corrected chi connectivity index (χ1v) is 4.57. The van der Waals surface area contributed by atoms with Gasteiger partial charge in [0.2, 0.25) is 0 Å². The molecule has 0 aliphatic rings. The van der Waals surface area contributed by atoms with Crippen molar-refractivity contribution in [2.75, 3.05) is 11.1 Å². The molecule has 88 valence electrons. The molecule has 1 heterocycles. The molecule has 2 rings (SSSR count). The SMILES string of the molecule is Nc1ccc(Nc2cc(F)c(F)c(F)c2)nn1. The second-order valence-electron chi connectivity index (χ2n) is 3.22. The topological polar surface area (TPSA) is 63.8 Å². The van der Waals surface area contributed by atoms with Crippen LogP contribution in [0.15, 0.2) is 24.3 Å². The van der Waals surface area contributed by atoms with Gasteiger partial charge in [-0.2, -0.15) is 0 Å². The molecule has 4 nitrogen and oxygen atoms in total. The lowest BCUT2D eigenvalue weighted by Gasteiger charge is -2.05. The smallest absolute Gasteiger partial charge is 0.194 e. The number of rotatable bonds is 2. The number of hydrogen-bond acceptors (Lipinski definition) is 4. The van der Waals surface area contributed by atoms with Crippen molar-refractivity contribution in [3.63, 3.8) is 0 Å². The normalized spacial score (nSPS) is 10.3. The van der Waals surface area contributed by atoms with Crippen LogP contribution in [-0.4, -0.2) is 10.2 Å². The first-order valence-electron chi connectivity index (χ1n) is 4.57. The first-order chi connectivity index (χ1) is 8.06. The molecule has 0 aliphatic carbocycles. The van der Waals surface area contributed by atoms with Crippen molar-refractivity contribution < 1.29 is 13.2 Å². The second kappa shape index (κ2) is 4.28. The maximum Gasteiger partial charge on any atom is 0.194 e. The van der Waals surface area contributed by atoms with Crippen LogP contribution in [0, 0.1) is 17.5 Å². The molecule has 1 aromatic heterocycles. The molecule has 2 aromatic rings. The maximum atomic E-state index is 12.9. The van der Waals surface area contributed by atoms with E-state index in [0.29, 0.717) is 0 Å². The Morgan fingerprint density at radius 2 is 1.65 bits per heavy atom. The predicted molar refractivity (Wildman–Crippen MR) is 56.0 cm³/mol. The standard InChI is InChI=1S/C10H7F3N4/c11-6-3-5(4-7(12)10(6)13)15-9-2-1-8(14)16-17-9/h1-4H,(H2,14,16)(H,15,17). The Bertz CT molecular complexity index is 519. The number of nitrogens with zero attached hydrogens (tertiary/aromatic N) is 2. The van der Waals surface area contributed by atoms with E-state index >= 15 is 0 Å². The van der Waals surface area contributed by atoms with E-state index in [2.05, 4.69) is 15.5 Å². The van der Waals surface area contributed by atoms with Gasteiger partial charge >= 0.3 is 0 Å². The Morgan fingerprint density at radius 1 is 1.00 bits per heavy atom. The molecule has 0 spiro atoms. The summed E-state index contributed by atoms with van der Waals surface area (Å²) in [6.07, 6.45) is 0. The molecule has 0 bridgehead atoms. The molecule has 3 N–H and O–H groups in total. The van der Waals surface area contributed by atoms with Crippen molar-refractivity contribution in [2.24, 2.45) is 0 Å². The Labute approximate surface area is 94.3 Å². The number of anilines is 3. The van der Waals surface area contributed by atoms with Gasteiger partial charge in [0.25, 0.3) is 0 Å². The Balaban J connectivity index is 2.27. The van der Waals surface area contributed by atoms with Crippen LogP contribution in [0.3, 0.4) is 0 Å². The second-order valence-corrected chi connectivity index (χ2v) is 3.22. The largest absolute Gasteiger partial charge is 0.382 e. The van der Waals surface area contributed by atoms with Crippen molar-refractivity contribution >= 4 is 17.3 Å². The van der Waals surface area contributed by atoms with E-state index in [0.717, 1.165) is 12.1 Å². The van der Waals surface area contributed by atoms with Crippen molar-refractivity contribution in [2.45, 2.75) is 0 Å². The highest BCUT2D eigenvalue weighted by Crippen LogP contribution is 2.20. The molecule has 0 fully saturated rings. The van der Waals surface area contributed by atoms with Crippen molar-refractivity contribution in [1.29, 1.82) is 0 Å². The molecule has 1 aromatic carbocycles. The Morgan fingerprint density at radius 3 is 2.18 bits per heavy atom. The van der Waals surface area contributed by atoms with Crippen LogP contribution >= 0.6 is 0 Å². The molecule has 0 atom stereocenters. The van der Waals surface area contributed by atoms with Crippen LogP contribution in [-0.2, 0) is 0 Å². The monoisotopic (exact) mass is 240 g/mol. The summed E-state index contributed by atoms with van der Waals surface area (Å²) in [7, 11) is 0. The van der Waals surface area contributed by atoms with Gasteiger partial charge in [0.15, 0.2) is 23.3 Å². The number of nitrogen functional groups attached to an aromatic ring is 1. The Kier molecular flexibility index (Phi) is 2.82. The quantitative estimate of drug-likeness (QED) is 0.790. The van der Waals surface area contributed by atoms with Crippen LogP contribution in [0.2, 0.25) is 0 Å². The molecule has 0 saturated carbocycles. The van der Waals surface area contributed by atoms with Gasteiger partial charge < -0.3 is 11.1 Å². The summed E-state index contributed by atoms with van der Waals surface area (Å²) in [6, 6.07) is 4.57. The molecule has 0 saturated heterocycles. The van der Waals surface area contributed by atoms with Gasteiger partial charge in [-0.15, -0.1) is 10.2 Å².